The van der Waals surface area contributed by atoms with Gasteiger partial charge < -0.3 is 20.1 Å². The summed E-state index contributed by atoms with van der Waals surface area (Å²) < 4.78 is 10.6. The number of hydrogen-bond donors (Lipinski definition) is 2. The highest BCUT2D eigenvalue weighted by Crippen LogP contribution is 2.22. The van der Waals surface area contributed by atoms with Crippen LogP contribution in [0.25, 0.3) is 0 Å². The number of amides is 2. The summed E-state index contributed by atoms with van der Waals surface area (Å²) in [4.78, 5) is 12.0. The van der Waals surface area contributed by atoms with Gasteiger partial charge >= 0.3 is 6.03 Å². The summed E-state index contributed by atoms with van der Waals surface area (Å²) in [5, 5.41) is 5.86. The van der Waals surface area contributed by atoms with Gasteiger partial charge in [-0.15, -0.1) is 0 Å². The van der Waals surface area contributed by atoms with Crippen LogP contribution < -0.4 is 15.4 Å². The van der Waals surface area contributed by atoms with E-state index >= 15 is 0 Å². The molecule has 0 radical (unpaired) electrons. The lowest BCUT2D eigenvalue weighted by Crippen LogP contribution is -2.48. The Labute approximate surface area is 126 Å². The van der Waals surface area contributed by atoms with Gasteiger partial charge in [-0.05, 0) is 44.4 Å². The van der Waals surface area contributed by atoms with Crippen molar-refractivity contribution in [3.8, 4) is 5.75 Å². The highest BCUT2D eigenvalue weighted by Gasteiger charge is 2.23. The van der Waals surface area contributed by atoms with E-state index in [-0.39, 0.29) is 12.1 Å². The first-order chi connectivity index (χ1) is 10.0. The Morgan fingerprint density at radius 3 is 2.67 bits per heavy atom. The third-order valence-electron chi connectivity index (χ3n) is 3.75. The predicted molar refractivity (Wildman–Crippen MR) is 81.5 cm³/mol. The van der Waals surface area contributed by atoms with Crippen molar-refractivity contribution in [3.05, 3.63) is 29.8 Å². The van der Waals surface area contributed by atoms with Crippen molar-refractivity contribution in [1.82, 2.24) is 10.6 Å². The van der Waals surface area contributed by atoms with E-state index in [4.69, 9.17) is 9.47 Å². The normalized spacial score (nSPS) is 18.3. The molecule has 1 aliphatic heterocycles. The van der Waals surface area contributed by atoms with Gasteiger partial charge in [0.2, 0.25) is 0 Å². The number of rotatable bonds is 5. The van der Waals surface area contributed by atoms with E-state index in [2.05, 4.69) is 10.6 Å². The maximum absolute atomic E-state index is 12.0. The number of hydrogen-bond acceptors (Lipinski definition) is 3. The summed E-state index contributed by atoms with van der Waals surface area (Å²) in [5.74, 6) is 0.803. The lowest BCUT2D eigenvalue weighted by Gasteiger charge is -2.27. The van der Waals surface area contributed by atoms with Gasteiger partial charge in [0.15, 0.2) is 0 Å². The molecular weight excluding hydrogens is 268 g/mol. The van der Waals surface area contributed by atoms with Crippen molar-refractivity contribution in [3.63, 3.8) is 0 Å². The molecule has 1 aromatic carbocycles. The van der Waals surface area contributed by atoms with Gasteiger partial charge in [0.1, 0.15) is 5.75 Å². The zero-order valence-electron chi connectivity index (χ0n) is 12.9. The first kappa shape index (κ1) is 15.6. The molecule has 0 aliphatic carbocycles. The lowest BCUT2D eigenvalue weighted by atomic mass is 9.94. The van der Waals surface area contributed by atoms with Crippen molar-refractivity contribution in [2.24, 2.45) is 0 Å². The van der Waals surface area contributed by atoms with Crippen LogP contribution in [-0.4, -0.2) is 32.4 Å². The van der Waals surface area contributed by atoms with Gasteiger partial charge in [-0.25, -0.2) is 4.79 Å². The van der Waals surface area contributed by atoms with Gasteiger partial charge in [-0.1, -0.05) is 12.1 Å². The van der Waals surface area contributed by atoms with Crippen LogP contribution in [0.4, 0.5) is 4.79 Å². The van der Waals surface area contributed by atoms with Crippen molar-refractivity contribution in [1.29, 1.82) is 0 Å². The Balaban J connectivity index is 1.87. The Kier molecular flexibility index (Phi) is 5.07. The van der Waals surface area contributed by atoms with Crippen LogP contribution in [0.15, 0.2) is 24.3 Å². The van der Waals surface area contributed by atoms with Crippen LogP contribution >= 0.6 is 0 Å². The average Bonchev–Trinajstić information content (AvgIpc) is 2.98. The van der Waals surface area contributed by atoms with Gasteiger partial charge in [0.05, 0.1) is 18.8 Å². The first-order valence-corrected chi connectivity index (χ1v) is 7.33. The Morgan fingerprint density at radius 1 is 1.38 bits per heavy atom. The molecule has 0 saturated carbocycles. The molecule has 116 valence electrons. The van der Waals surface area contributed by atoms with Gasteiger partial charge in [-0.3, -0.25) is 0 Å². The molecule has 1 fully saturated rings. The highest BCUT2D eigenvalue weighted by molar-refractivity contribution is 5.75. The number of ether oxygens (including phenoxy) is 2. The van der Waals surface area contributed by atoms with Crippen molar-refractivity contribution >= 4 is 6.03 Å². The van der Waals surface area contributed by atoms with E-state index in [9.17, 15) is 4.79 Å². The monoisotopic (exact) mass is 292 g/mol. The van der Waals surface area contributed by atoms with Crippen molar-refractivity contribution < 1.29 is 14.3 Å². The fraction of sp³-hybridized carbons (Fsp3) is 0.562. The minimum absolute atomic E-state index is 0.153. The van der Waals surface area contributed by atoms with Crippen molar-refractivity contribution in [2.45, 2.75) is 38.3 Å². The van der Waals surface area contributed by atoms with Crippen LogP contribution in [0.2, 0.25) is 0 Å². The number of benzene rings is 1. The molecule has 1 aliphatic rings. The minimum atomic E-state index is -0.452. The maximum atomic E-state index is 12.0. The van der Waals surface area contributed by atoms with E-state index < -0.39 is 5.54 Å². The third kappa shape index (κ3) is 4.36. The largest absolute Gasteiger partial charge is 0.497 e. The smallest absolute Gasteiger partial charge is 0.315 e. The summed E-state index contributed by atoms with van der Waals surface area (Å²) in [5.41, 5.74) is 0.572. The molecule has 0 aromatic heterocycles. The van der Waals surface area contributed by atoms with Crippen LogP contribution in [0.1, 0.15) is 32.3 Å². The van der Waals surface area contributed by atoms with Crippen LogP contribution in [0, 0.1) is 0 Å². The van der Waals surface area contributed by atoms with E-state index in [1.165, 1.54) is 0 Å². The third-order valence-corrected chi connectivity index (χ3v) is 3.75. The molecule has 2 amide bonds. The summed E-state index contributed by atoms with van der Waals surface area (Å²) in [6.07, 6.45) is 2.24. The molecule has 21 heavy (non-hydrogen) atoms. The fourth-order valence-corrected chi connectivity index (χ4v) is 2.42. The zero-order valence-corrected chi connectivity index (χ0v) is 12.9. The Bertz CT molecular complexity index is 465. The molecule has 5 heteroatoms. The summed E-state index contributed by atoms with van der Waals surface area (Å²) in [6.45, 7) is 5.30. The van der Waals surface area contributed by atoms with E-state index in [0.29, 0.717) is 6.54 Å². The minimum Gasteiger partial charge on any atom is -0.497 e. The molecule has 2 rings (SSSR count). The molecule has 1 unspecified atom stereocenters. The lowest BCUT2D eigenvalue weighted by molar-refractivity contribution is 0.111. The van der Waals surface area contributed by atoms with Gasteiger partial charge in [0, 0.05) is 13.2 Å². The first-order valence-electron chi connectivity index (χ1n) is 7.33. The summed E-state index contributed by atoms with van der Waals surface area (Å²) >= 11 is 0. The van der Waals surface area contributed by atoms with E-state index in [0.717, 1.165) is 30.8 Å². The zero-order chi connectivity index (χ0) is 15.3. The second-order valence-electron chi connectivity index (χ2n) is 5.82. The summed E-state index contributed by atoms with van der Waals surface area (Å²) in [7, 11) is 1.64. The van der Waals surface area contributed by atoms with Crippen LogP contribution in [0.3, 0.4) is 0 Å². The van der Waals surface area contributed by atoms with Gasteiger partial charge in [0.25, 0.3) is 0 Å². The number of nitrogens with one attached hydrogen (secondary N) is 2. The molecule has 2 N–H and O–H groups in total. The molecular formula is C16H24N2O3. The quantitative estimate of drug-likeness (QED) is 0.876. The van der Waals surface area contributed by atoms with Crippen LogP contribution in [0.5, 0.6) is 5.75 Å². The molecule has 0 bridgehead atoms. The second-order valence-corrected chi connectivity index (χ2v) is 5.82. The standard InChI is InChI=1S/C16H24N2O3/c1-16(2,12-6-8-13(20-3)9-7-12)18-15(19)17-11-14-5-4-10-21-14/h6-9,14H,4-5,10-11H2,1-3H3,(H2,17,18,19). The molecule has 1 atom stereocenters. The maximum Gasteiger partial charge on any atom is 0.315 e. The second kappa shape index (κ2) is 6.80. The number of urea groups is 1. The predicted octanol–water partition coefficient (Wildman–Crippen LogP) is 2.41. The fourth-order valence-electron chi connectivity index (χ4n) is 2.42. The van der Waals surface area contributed by atoms with Crippen LogP contribution in [-0.2, 0) is 10.3 Å². The topological polar surface area (TPSA) is 59.6 Å². The molecule has 1 heterocycles. The number of carbonyl (C=O) groups excluding carboxylic acids is 1. The molecule has 1 aromatic rings. The SMILES string of the molecule is COc1ccc(C(C)(C)NC(=O)NCC2CCCO2)cc1. The van der Waals surface area contributed by atoms with Crippen molar-refractivity contribution in [2.75, 3.05) is 20.3 Å². The highest BCUT2D eigenvalue weighted by atomic mass is 16.5. The van der Waals surface area contributed by atoms with Gasteiger partial charge in [-0.2, -0.15) is 0 Å². The number of carbonyl (C=O) groups is 1. The van der Waals surface area contributed by atoms with E-state index in [1.807, 2.05) is 38.1 Å². The summed E-state index contributed by atoms with van der Waals surface area (Å²) in [6, 6.07) is 7.52. The molecule has 5 nitrogen and oxygen atoms in total. The Hall–Kier alpha value is -1.75. The molecule has 0 spiro atoms. The average molecular weight is 292 g/mol. The number of methoxy groups -OCH3 is 1. The Morgan fingerprint density at radius 2 is 2.10 bits per heavy atom. The van der Waals surface area contributed by atoms with E-state index in [1.54, 1.807) is 7.11 Å². The molecule has 1 saturated heterocycles.